The van der Waals surface area contributed by atoms with Gasteiger partial charge in [0, 0.05) is 31.2 Å². The number of benzene rings is 1. The summed E-state index contributed by atoms with van der Waals surface area (Å²) in [4.78, 5) is 23.5. The molecule has 1 saturated heterocycles. The molecule has 3 N–H and O–H groups in total. The fourth-order valence-corrected chi connectivity index (χ4v) is 3.81. The van der Waals surface area contributed by atoms with Crippen LogP contribution in [0.5, 0.6) is 0 Å². The molecule has 140 valence electrons. The molecule has 0 aliphatic carbocycles. The predicted molar refractivity (Wildman–Crippen MR) is 97.2 cm³/mol. The number of anilines is 1. The summed E-state index contributed by atoms with van der Waals surface area (Å²) in [5, 5.41) is 8.21. The molecule has 1 aromatic rings. The van der Waals surface area contributed by atoms with E-state index in [1.807, 2.05) is 0 Å². The Labute approximate surface area is 153 Å². The van der Waals surface area contributed by atoms with Crippen LogP contribution in [0.2, 0.25) is 0 Å². The SMILES string of the molecule is CNCC(C)C(=O)Nc1cccc(S(=O)(=O)N2CCNC(=O)C2)c1.Cl. The van der Waals surface area contributed by atoms with E-state index in [1.54, 1.807) is 26.1 Å². The Bertz CT molecular complexity index is 726. The van der Waals surface area contributed by atoms with Crippen molar-refractivity contribution in [2.75, 3.05) is 38.5 Å². The molecule has 1 aromatic carbocycles. The van der Waals surface area contributed by atoms with Crippen LogP contribution in [-0.4, -0.2) is 57.8 Å². The summed E-state index contributed by atoms with van der Waals surface area (Å²) in [5.41, 5.74) is 0.408. The first kappa shape index (κ1) is 21.4. The van der Waals surface area contributed by atoms with Crippen molar-refractivity contribution < 1.29 is 18.0 Å². The molecule has 1 fully saturated rings. The van der Waals surface area contributed by atoms with Crippen LogP contribution in [-0.2, 0) is 19.6 Å². The van der Waals surface area contributed by atoms with Gasteiger partial charge in [0.2, 0.25) is 21.8 Å². The van der Waals surface area contributed by atoms with Crippen molar-refractivity contribution in [3.8, 4) is 0 Å². The highest BCUT2D eigenvalue weighted by Crippen LogP contribution is 2.20. The van der Waals surface area contributed by atoms with Gasteiger partial charge < -0.3 is 16.0 Å². The first-order valence-corrected chi connectivity index (χ1v) is 9.11. The van der Waals surface area contributed by atoms with Crippen LogP contribution in [0.4, 0.5) is 5.69 Å². The summed E-state index contributed by atoms with van der Waals surface area (Å²) in [6, 6.07) is 6.06. The van der Waals surface area contributed by atoms with Crippen LogP contribution in [0, 0.1) is 5.92 Å². The third-order valence-corrected chi connectivity index (χ3v) is 5.54. The van der Waals surface area contributed by atoms with Crippen LogP contribution in [0.3, 0.4) is 0 Å². The van der Waals surface area contributed by atoms with Crippen molar-refractivity contribution in [3.05, 3.63) is 24.3 Å². The van der Waals surface area contributed by atoms with E-state index in [9.17, 15) is 18.0 Å². The first-order chi connectivity index (χ1) is 11.3. The minimum Gasteiger partial charge on any atom is -0.354 e. The minimum atomic E-state index is -3.77. The van der Waals surface area contributed by atoms with Crippen molar-refractivity contribution in [3.63, 3.8) is 0 Å². The van der Waals surface area contributed by atoms with Gasteiger partial charge in [-0.1, -0.05) is 13.0 Å². The highest BCUT2D eigenvalue weighted by molar-refractivity contribution is 7.89. The number of hydrogen-bond donors (Lipinski definition) is 3. The number of rotatable bonds is 6. The van der Waals surface area contributed by atoms with Gasteiger partial charge in [-0.2, -0.15) is 4.31 Å². The number of nitrogens with one attached hydrogen (secondary N) is 3. The van der Waals surface area contributed by atoms with E-state index in [1.165, 1.54) is 12.1 Å². The average Bonchev–Trinajstić information content (AvgIpc) is 2.55. The quantitative estimate of drug-likeness (QED) is 0.634. The highest BCUT2D eigenvalue weighted by Gasteiger charge is 2.29. The molecule has 8 nitrogen and oxygen atoms in total. The van der Waals surface area contributed by atoms with Crippen LogP contribution in [0.25, 0.3) is 0 Å². The zero-order valence-electron chi connectivity index (χ0n) is 14.1. The van der Waals surface area contributed by atoms with Crippen LogP contribution >= 0.6 is 12.4 Å². The molecule has 0 aromatic heterocycles. The van der Waals surface area contributed by atoms with E-state index in [-0.39, 0.29) is 54.7 Å². The molecule has 1 aliphatic heterocycles. The van der Waals surface area contributed by atoms with Gasteiger partial charge >= 0.3 is 0 Å². The molecule has 1 unspecified atom stereocenters. The van der Waals surface area contributed by atoms with E-state index in [0.29, 0.717) is 12.2 Å². The number of piperazine rings is 1. The molecule has 1 atom stereocenters. The maximum absolute atomic E-state index is 12.6. The van der Waals surface area contributed by atoms with Crippen molar-refractivity contribution in [1.82, 2.24) is 14.9 Å². The van der Waals surface area contributed by atoms with Gasteiger partial charge in [-0.15, -0.1) is 12.4 Å². The molecule has 2 amide bonds. The van der Waals surface area contributed by atoms with Gasteiger partial charge in [-0.25, -0.2) is 8.42 Å². The van der Waals surface area contributed by atoms with Crippen molar-refractivity contribution in [2.45, 2.75) is 11.8 Å². The fourth-order valence-electron chi connectivity index (χ4n) is 2.37. The smallest absolute Gasteiger partial charge is 0.243 e. The normalized spacial score (nSPS) is 16.5. The Hall–Kier alpha value is -1.68. The van der Waals surface area contributed by atoms with Crippen molar-refractivity contribution in [2.24, 2.45) is 5.92 Å². The number of nitrogens with zero attached hydrogens (tertiary/aromatic N) is 1. The summed E-state index contributed by atoms with van der Waals surface area (Å²) in [5.74, 6) is -0.771. The Kier molecular flexibility index (Phi) is 7.81. The summed E-state index contributed by atoms with van der Waals surface area (Å²) < 4.78 is 26.4. The number of carbonyl (C=O) groups is 2. The molecule has 2 rings (SSSR count). The summed E-state index contributed by atoms with van der Waals surface area (Å²) in [6.07, 6.45) is 0. The van der Waals surface area contributed by atoms with Gasteiger partial charge in [0.05, 0.1) is 11.4 Å². The second kappa shape index (κ2) is 9.14. The van der Waals surface area contributed by atoms with E-state index in [2.05, 4.69) is 16.0 Å². The molecule has 0 radical (unpaired) electrons. The molecule has 0 spiro atoms. The van der Waals surface area contributed by atoms with E-state index < -0.39 is 10.0 Å². The lowest BCUT2D eigenvalue weighted by Crippen LogP contribution is -2.49. The lowest BCUT2D eigenvalue weighted by molar-refractivity contribution is -0.122. The largest absolute Gasteiger partial charge is 0.354 e. The van der Waals surface area contributed by atoms with Gasteiger partial charge in [0.1, 0.15) is 0 Å². The zero-order valence-corrected chi connectivity index (χ0v) is 15.7. The van der Waals surface area contributed by atoms with Gasteiger partial charge in [-0.3, -0.25) is 9.59 Å². The minimum absolute atomic E-state index is 0. The fraction of sp³-hybridized carbons (Fsp3) is 0.467. The maximum Gasteiger partial charge on any atom is 0.243 e. The number of amides is 2. The molecule has 0 saturated carbocycles. The van der Waals surface area contributed by atoms with Crippen LogP contribution in [0.1, 0.15) is 6.92 Å². The number of sulfonamides is 1. The Morgan fingerprint density at radius 1 is 1.40 bits per heavy atom. The highest BCUT2D eigenvalue weighted by atomic mass is 35.5. The van der Waals surface area contributed by atoms with E-state index in [4.69, 9.17) is 0 Å². The predicted octanol–water partition coefficient (Wildman–Crippen LogP) is 0.0229. The third kappa shape index (κ3) is 5.40. The summed E-state index contributed by atoms with van der Waals surface area (Å²) in [7, 11) is -2.02. The Balaban J connectivity index is 0.00000312. The molecule has 0 bridgehead atoms. The molecular formula is C15H23ClN4O4S. The van der Waals surface area contributed by atoms with Crippen LogP contribution < -0.4 is 16.0 Å². The number of halogens is 1. The lowest BCUT2D eigenvalue weighted by atomic mass is 10.1. The van der Waals surface area contributed by atoms with E-state index >= 15 is 0 Å². The first-order valence-electron chi connectivity index (χ1n) is 7.67. The van der Waals surface area contributed by atoms with Crippen molar-refractivity contribution in [1.29, 1.82) is 0 Å². The second-order valence-electron chi connectivity index (χ2n) is 5.66. The second-order valence-corrected chi connectivity index (χ2v) is 7.60. The molecule has 1 heterocycles. The van der Waals surface area contributed by atoms with Gasteiger partial charge in [0.15, 0.2) is 0 Å². The summed E-state index contributed by atoms with van der Waals surface area (Å²) >= 11 is 0. The molecule has 10 heteroatoms. The lowest BCUT2D eigenvalue weighted by Gasteiger charge is -2.26. The maximum atomic E-state index is 12.6. The molecule has 25 heavy (non-hydrogen) atoms. The zero-order chi connectivity index (χ0) is 17.7. The van der Waals surface area contributed by atoms with Crippen LogP contribution in [0.15, 0.2) is 29.2 Å². The average molecular weight is 391 g/mol. The summed E-state index contributed by atoms with van der Waals surface area (Å²) in [6.45, 7) is 2.61. The van der Waals surface area contributed by atoms with Gasteiger partial charge in [0.25, 0.3) is 0 Å². The number of hydrogen-bond acceptors (Lipinski definition) is 5. The Morgan fingerprint density at radius 3 is 2.76 bits per heavy atom. The molecule has 1 aliphatic rings. The number of carbonyl (C=O) groups excluding carboxylic acids is 2. The third-order valence-electron chi connectivity index (χ3n) is 3.70. The topological polar surface area (TPSA) is 108 Å². The molecular weight excluding hydrogens is 368 g/mol. The Morgan fingerprint density at radius 2 is 2.12 bits per heavy atom. The monoisotopic (exact) mass is 390 g/mol. The van der Waals surface area contributed by atoms with Gasteiger partial charge in [-0.05, 0) is 25.2 Å². The van der Waals surface area contributed by atoms with Crippen molar-refractivity contribution >= 4 is 39.9 Å². The standard InChI is InChI=1S/C15H22N4O4S.ClH/c1-11(9-16-2)15(21)18-12-4-3-5-13(8-12)24(22,23)19-7-6-17-14(20)10-19;/h3-5,8,11,16H,6-7,9-10H2,1-2H3,(H,17,20)(H,18,21);1H. The van der Waals surface area contributed by atoms with E-state index in [0.717, 1.165) is 4.31 Å².